The van der Waals surface area contributed by atoms with Crippen molar-refractivity contribution in [2.75, 3.05) is 18.6 Å². The van der Waals surface area contributed by atoms with Crippen LogP contribution in [0.4, 0.5) is 21.9 Å². The number of urea groups is 1. The first kappa shape index (κ1) is 31.6. The Kier molecular flexibility index (Phi) is 9.32. The largest absolute Gasteiger partial charge is 0.490 e. The van der Waals surface area contributed by atoms with E-state index >= 15 is 0 Å². The van der Waals surface area contributed by atoms with Crippen LogP contribution in [-0.4, -0.2) is 47.4 Å². The van der Waals surface area contributed by atoms with Gasteiger partial charge in [0.2, 0.25) is 5.75 Å². The predicted octanol–water partition coefficient (Wildman–Crippen LogP) is 4.88. The fourth-order valence-electron chi connectivity index (χ4n) is 4.33. The second-order valence-electron chi connectivity index (χ2n) is 9.20. The third-order valence-electron chi connectivity index (χ3n) is 6.34. The summed E-state index contributed by atoms with van der Waals surface area (Å²) in [5, 5.41) is 25.0. The van der Waals surface area contributed by atoms with Gasteiger partial charge in [-0.3, -0.25) is 35.1 Å². The summed E-state index contributed by atoms with van der Waals surface area (Å²) < 4.78 is 16.3. The van der Waals surface area contributed by atoms with E-state index in [0.29, 0.717) is 5.56 Å². The van der Waals surface area contributed by atoms with Crippen molar-refractivity contribution in [3.8, 4) is 17.2 Å². The maximum atomic E-state index is 13.4. The molecule has 0 radical (unpaired) electrons. The summed E-state index contributed by atoms with van der Waals surface area (Å²) in [7, 11) is 1.20. The van der Waals surface area contributed by atoms with Gasteiger partial charge in [-0.2, -0.15) is 0 Å². The summed E-state index contributed by atoms with van der Waals surface area (Å²) in [6.45, 7) is 5.50. The summed E-state index contributed by atoms with van der Waals surface area (Å²) in [5.41, 5.74) is -0.652. The summed E-state index contributed by atoms with van der Waals surface area (Å²) in [6.07, 6.45) is 2.88. The molecule has 15 heteroatoms. The Labute approximate surface area is 254 Å². The number of nitrogens with zero attached hydrogens (tertiary/aromatic N) is 3. The van der Waals surface area contributed by atoms with Gasteiger partial charge in [0.1, 0.15) is 5.57 Å². The third-order valence-corrected chi connectivity index (χ3v) is 6.34. The van der Waals surface area contributed by atoms with Gasteiger partial charge in [-0.15, -0.1) is 6.58 Å². The molecule has 1 heterocycles. The SMILES string of the molecule is C=CCc1cc(/C=C2\C(=O)NC(=O)N(c3ccc(C(=O)OC)cc3)C2=O)cc(OCC)c1Oc1ccc([N+](=O)[O-])cc1[N+](=O)[O-]. The average molecular weight is 617 g/mol. The molecule has 1 aliphatic rings. The molecule has 45 heavy (non-hydrogen) atoms. The van der Waals surface area contributed by atoms with Gasteiger partial charge in [-0.05, 0) is 67.4 Å². The number of nitro benzene ring substituents is 2. The third kappa shape index (κ3) is 6.67. The Hall–Kier alpha value is -6.38. The topological polar surface area (TPSA) is 198 Å². The van der Waals surface area contributed by atoms with Gasteiger partial charge in [0.05, 0.1) is 40.9 Å². The highest BCUT2D eigenvalue weighted by atomic mass is 16.6. The fraction of sp³-hybridized carbons (Fsp3) is 0.133. The molecule has 0 spiro atoms. The van der Waals surface area contributed by atoms with Crippen LogP contribution in [0.5, 0.6) is 17.2 Å². The van der Waals surface area contributed by atoms with E-state index in [0.717, 1.165) is 23.1 Å². The normalized spacial score (nSPS) is 13.7. The van der Waals surface area contributed by atoms with Crippen LogP contribution < -0.4 is 19.7 Å². The summed E-state index contributed by atoms with van der Waals surface area (Å²) in [6, 6.07) is 10.3. The first-order valence-electron chi connectivity index (χ1n) is 13.1. The molecule has 1 N–H and O–H groups in total. The molecule has 0 saturated carbocycles. The van der Waals surface area contributed by atoms with Crippen molar-refractivity contribution in [3.63, 3.8) is 0 Å². The number of amides is 4. The highest BCUT2D eigenvalue weighted by Crippen LogP contribution is 2.41. The number of rotatable bonds is 11. The second kappa shape index (κ2) is 13.3. The minimum Gasteiger partial charge on any atom is -0.490 e. The molecule has 1 fully saturated rings. The average Bonchev–Trinajstić information content (AvgIpc) is 3.00. The van der Waals surface area contributed by atoms with E-state index in [4.69, 9.17) is 9.47 Å². The molecule has 0 unspecified atom stereocenters. The number of carbonyl (C=O) groups is 4. The summed E-state index contributed by atoms with van der Waals surface area (Å²) in [5.74, 6) is -2.71. The van der Waals surface area contributed by atoms with Crippen molar-refractivity contribution >= 4 is 47.0 Å². The number of anilines is 1. The lowest BCUT2D eigenvalue weighted by Gasteiger charge is -2.26. The van der Waals surface area contributed by atoms with Gasteiger partial charge in [-0.1, -0.05) is 6.08 Å². The van der Waals surface area contributed by atoms with Crippen molar-refractivity contribution in [1.82, 2.24) is 5.32 Å². The highest BCUT2D eigenvalue weighted by molar-refractivity contribution is 6.39. The smallest absolute Gasteiger partial charge is 0.337 e. The van der Waals surface area contributed by atoms with Crippen LogP contribution in [0.3, 0.4) is 0 Å². The zero-order valence-electron chi connectivity index (χ0n) is 23.8. The van der Waals surface area contributed by atoms with Crippen molar-refractivity contribution < 1.29 is 43.2 Å². The van der Waals surface area contributed by atoms with E-state index in [9.17, 15) is 39.4 Å². The van der Waals surface area contributed by atoms with E-state index in [1.807, 2.05) is 0 Å². The number of benzene rings is 3. The molecular weight excluding hydrogens is 592 g/mol. The number of barbiturate groups is 1. The van der Waals surface area contributed by atoms with Gasteiger partial charge in [0.25, 0.3) is 17.5 Å². The maximum Gasteiger partial charge on any atom is 0.337 e. The Bertz CT molecular complexity index is 1780. The number of carbonyl (C=O) groups excluding carboxylic acids is 4. The lowest BCUT2D eigenvalue weighted by atomic mass is 10.0. The first-order valence-corrected chi connectivity index (χ1v) is 13.1. The Morgan fingerprint density at radius 3 is 2.31 bits per heavy atom. The first-order chi connectivity index (χ1) is 21.5. The number of nitrogens with one attached hydrogen (secondary N) is 1. The number of methoxy groups -OCH3 is 1. The van der Waals surface area contributed by atoms with Crippen molar-refractivity contribution in [1.29, 1.82) is 0 Å². The van der Waals surface area contributed by atoms with Crippen molar-refractivity contribution in [2.24, 2.45) is 0 Å². The molecule has 0 atom stereocenters. The molecule has 0 bridgehead atoms. The van der Waals surface area contributed by atoms with Crippen LogP contribution in [0.25, 0.3) is 6.08 Å². The van der Waals surface area contributed by atoms with E-state index in [1.54, 1.807) is 6.92 Å². The zero-order chi connectivity index (χ0) is 32.8. The van der Waals surface area contributed by atoms with Crippen LogP contribution in [0.15, 0.2) is 72.8 Å². The van der Waals surface area contributed by atoms with Gasteiger partial charge in [-0.25, -0.2) is 14.5 Å². The quantitative estimate of drug-likeness (QED) is 0.0769. The van der Waals surface area contributed by atoms with Gasteiger partial charge in [0.15, 0.2) is 11.5 Å². The van der Waals surface area contributed by atoms with E-state index in [1.165, 1.54) is 55.7 Å². The Morgan fingerprint density at radius 1 is 1.00 bits per heavy atom. The number of ether oxygens (including phenoxy) is 3. The predicted molar refractivity (Wildman–Crippen MR) is 158 cm³/mol. The number of imide groups is 2. The molecule has 3 aromatic rings. The number of hydrogen-bond donors (Lipinski definition) is 1. The molecule has 4 amide bonds. The molecular formula is C30H24N4O11. The molecule has 0 aromatic heterocycles. The number of esters is 1. The summed E-state index contributed by atoms with van der Waals surface area (Å²) >= 11 is 0. The molecule has 1 aliphatic heterocycles. The lowest BCUT2D eigenvalue weighted by Crippen LogP contribution is -2.54. The monoisotopic (exact) mass is 616 g/mol. The zero-order valence-corrected chi connectivity index (χ0v) is 23.8. The molecule has 15 nitrogen and oxygen atoms in total. The lowest BCUT2D eigenvalue weighted by molar-refractivity contribution is -0.394. The van der Waals surface area contributed by atoms with Crippen LogP contribution in [-0.2, 0) is 20.7 Å². The van der Waals surface area contributed by atoms with Crippen LogP contribution in [0, 0.1) is 20.2 Å². The minimum atomic E-state index is -0.997. The van der Waals surface area contributed by atoms with Gasteiger partial charge < -0.3 is 14.2 Å². The molecule has 1 saturated heterocycles. The number of hydrogen-bond acceptors (Lipinski definition) is 11. The molecule has 4 rings (SSSR count). The van der Waals surface area contributed by atoms with E-state index in [2.05, 4.69) is 16.6 Å². The van der Waals surface area contributed by atoms with Crippen LogP contribution in [0.2, 0.25) is 0 Å². The highest BCUT2D eigenvalue weighted by Gasteiger charge is 2.37. The standard InChI is InChI=1S/C30H24N4O11/c1-4-6-19-13-17(15-25(44-5-2)26(19)45-24-12-11-21(33(39)40)16-23(24)34(41)42)14-22-27(35)31-30(38)32(28(22)36)20-9-7-18(8-10-20)29(37)43-3/h4,7-16H,1,5-6H2,2-3H3,(H,31,35,38)/b22-14+. The van der Waals surface area contributed by atoms with Crippen molar-refractivity contribution in [3.05, 3.63) is 110 Å². The molecule has 3 aromatic carbocycles. The Morgan fingerprint density at radius 2 is 1.71 bits per heavy atom. The number of allylic oxidation sites excluding steroid dienone is 1. The summed E-state index contributed by atoms with van der Waals surface area (Å²) in [4.78, 5) is 72.6. The van der Waals surface area contributed by atoms with Gasteiger partial charge >= 0.3 is 17.7 Å². The van der Waals surface area contributed by atoms with E-state index in [-0.39, 0.29) is 47.1 Å². The van der Waals surface area contributed by atoms with Crippen molar-refractivity contribution in [2.45, 2.75) is 13.3 Å². The fourth-order valence-corrected chi connectivity index (χ4v) is 4.33. The van der Waals surface area contributed by atoms with Crippen LogP contribution in [0.1, 0.15) is 28.4 Å². The second-order valence-corrected chi connectivity index (χ2v) is 9.20. The van der Waals surface area contributed by atoms with Crippen LogP contribution >= 0.6 is 0 Å². The molecule has 0 aliphatic carbocycles. The maximum absolute atomic E-state index is 13.4. The van der Waals surface area contributed by atoms with E-state index < -0.39 is 50.6 Å². The van der Waals surface area contributed by atoms with Gasteiger partial charge in [0, 0.05) is 11.6 Å². The molecule has 230 valence electrons. The number of nitro groups is 2. The Balaban J connectivity index is 1.78. The number of non-ortho nitro benzene ring substituents is 1. The minimum absolute atomic E-state index is 0.0396.